The van der Waals surface area contributed by atoms with Gasteiger partial charge in [-0.05, 0) is 31.9 Å². The minimum atomic E-state index is 0.296. The highest BCUT2D eigenvalue weighted by atomic mass is 16.5. The van der Waals surface area contributed by atoms with E-state index in [9.17, 15) is 0 Å². The molecule has 3 aromatic rings. The highest BCUT2D eigenvalue weighted by Gasteiger charge is 2.08. The zero-order valence-electron chi connectivity index (χ0n) is 16.1. The van der Waals surface area contributed by atoms with Gasteiger partial charge in [0.2, 0.25) is 5.95 Å². The molecule has 0 aliphatic rings. The fraction of sp³-hybridized carbons (Fsp3) is 0.273. The number of rotatable bonds is 8. The van der Waals surface area contributed by atoms with Crippen LogP contribution < -0.4 is 15.4 Å². The maximum Gasteiger partial charge on any atom is 0.225 e. The number of nitrogens with one attached hydrogen (secondary N) is 2. The molecule has 1 heterocycles. The van der Waals surface area contributed by atoms with Crippen LogP contribution in [0.1, 0.15) is 19.4 Å². The number of ether oxygens (including phenoxy) is 1. The molecule has 0 radical (unpaired) electrons. The Kier molecular flexibility index (Phi) is 6.26. The summed E-state index contributed by atoms with van der Waals surface area (Å²) in [6.45, 7) is 4.91. The molecule has 5 heteroatoms. The van der Waals surface area contributed by atoms with Crippen LogP contribution in [0.15, 0.2) is 60.7 Å². The van der Waals surface area contributed by atoms with Gasteiger partial charge in [0.25, 0.3) is 0 Å². The lowest BCUT2D eigenvalue weighted by molar-refractivity contribution is 0.410. The number of benzene rings is 2. The quantitative estimate of drug-likeness (QED) is 0.612. The van der Waals surface area contributed by atoms with Crippen LogP contribution >= 0.6 is 0 Å². The van der Waals surface area contributed by atoms with Crippen molar-refractivity contribution in [1.82, 2.24) is 9.97 Å². The van der Waals surface area contributed by atoms with Crippen molar-refractivity contribution in [2.75, 3.05) is 24.3 Å². The molecule has 0 spiro atoms. The Morgan fingerprint density at radius 1 is 0.963 bits per heavy atom. The van der Waals surface area contributed by atoms with E-state index in [4.69, 9.17) is 9.72 Å². The van der Waals surface area contributed by atoms with Crippen molar-refractivity contribution in [2.45, 2.75) is 26.3 Å². The van der Waals surface area contributed by atoms with E-state index in [1.807, 2.05) is 42.5 Å². The van der Waals surface area contributed by atoms with Crippen LogP contribution in [0.4, 0.5) is 11.8 Å². The van der Waals surface area contributed by atoms with E-state index >= 15 is 0 Å². The fourth-order valence-electron chi connectivity index (χ4n) is 2.87. The second kappa shape index (κ2) is 9.03. The molecule has 0 aliphatic heterocycles. The lowest BCUT2D eigenvalue weighted by Crippen LogP contribution is -2.14. The maximum absolute atomic E-state index is 5.42. The number of aromatic nitrogens is 2. The molecule has 0 saturated carbocycles. The molecule has 0 amide bonds. The van der Waals surface area contributed by atoms with Crippen molar-refractivity contribution < 1.29 is 4.74 Å². The number of para-hydroxylation sites is 1. The third-order valence-corrected chi connectivity index (χ3v) is 4.10. The summed E-state index contributed by atoms with van der Waals surface area (Å²) >= 11 is 0. The van der Waals surface area contributed by atoms with E-state index in [0.29, 0.717) is 12.0 Å². The Morgan fingerprint density at radius 3 is 2.44 bits per heavy atom. The van der Waals surface area contributed by atoms with Crippen molar-refractivity contribution in [3.8, 4) is 17.0 Å². The van der Waals surface area contributed by atoms with Gasteiger partial charge in [-0.2, -0.15) is 4.98 Å². The summed E-state index contributed by atoms with van der Waals surface area (Å²) in [6, 6.07) is 20.5. The van der Waals surface area contributed by atoms with Gasteiger partial charge in [0, 0.05) is 24.2 Å². The average molecular weight is 362 g/mol. The topological polar surface area (TPSA) is 59.1 Å². The van der Waals surface area contributed by atoms with Gasteiger partial charge in [-0.25, -0.2) is 4.98 Å². The molecule has 0 unspecified atom stereocenters. The summed E-state index contributed by atoms with van der Waals surface area (Å²) in [5.41, 5.74) is 3.13. The first-order valence-corrected chi connectivity index (χ1v) is 9.22. The third-order valence-electron chi connectivity index (χ3n) is 4.10. The van der Waals surface area contributed by atoms with Gasteiger partial charge in [0.05, 0.1) is 12.8 Å². The van der Waals surface area contributed by atoms with Gasteiger partial charge < -0.3 is 15.4 Å². The van der Waals surface area contributed by atoms with Crippen LogP contribution in [0, 0.1) is 0 Å². The molecule has 3 rings (SSSR count). The number of anilines is 2. The normalized spacial score (nSPS) is 10.7. The van der Waals surface area contributed by atoms with Crippen LogP contribution in [0.25, 0.3) is 11.3 Å². The van der Waals surface area contributed by atoms with Crippen LogP contribution in [-0.4, -0.2) is 29.7 Å². The predicted octanol–water partition coefficient (Wildman–Crippen LogP) is 4.63. The van der Waals surface area contributed by atoms with Crippen molar-refractivity contribution in [3.63, 3.8) is 0 Å². The lowest BCUT2D eigenvalue weighted by Gasteiger charge is -2.14. The molecule has 2 N–H and O–H groups in total. The first-order valence-electron chi connectivity index (χ1n) is 9.22. The average Bonchev–Trinajstić information content (AvgIpc) is 2.68. The van der Waals surface area contributed by atoms with Gasteiger partial charge in [-0.1, -0.05) is 48.5 Å². The van der Waals surface area contributed by atoms with Crippen LogP contribution in [-0.2, 0) is 6.42 Å². The maximum atomic E-state index is 5.42. The third kappa shape index (κ3) is 5.20. The van der Waals surface area contributed by atoms with Gasteiger partial charge in [-0.3, -0.25) is 0 Å². The van der Waals surface area contributed by atoms with E-state index in [0.717, 1.165) is 41.4 Å². The summed E-state index contributed by atoms with van der Waals surface area (Å²) in [5, 5.41) is 6.72. The summed E-state index contributed by atoms with van der Waals surface area (Å²) < 4.78 is 5.42. The molecular formula is C22H26N4O. The zero-order valence-corrected chi connectivity index (χ0v) is 16.1. The SMILES string of the molecule is COc1ccccc1CCNc1nc(NC(C)C)cc(-c2ccccc2)n1. The van der Waals surface area contributed by atoms with Crippen LogP contribution in [0.2, 0.25) is 0 Å². The van der Waals surface area contributed by atoms with E-state index in [-0.39, 0.29) is 0 Å². The molecule has 0 aliphatic carbocycles. The van der Waals surface area contributed by atoms with Gasteiger partial charge in [0.15, 0.2) is 0 Å². The molecule has 5 nitrogen and oxygen atoms in total. The molecule has 0 saturated heterocycles. The first-order chi connectivity index (χ1) is 13.2. The van der Waals surface area contributed by atoms with Crippen molar-refractivity contribution in [1.29, 1.82) is 0 Å². The van der Waals surface area contributed by atoms with Gasteiger partial charge in [0.1, 0.15) is 11.6 Å². The molecule has 0 atom stereocenters. The highest BCUT2D eigenvalue weighted by molar-refractivity contribution is 5.64. The second-order valence-electron chi connectivity index (χ2n) is 6.62. The Hall–Kier alpha value is -3.08. The number of hydrogen-bond acceptors (Lipinski definition) is 5. The van der Waals surface area contributed by atoms with Gasteiger partial charge >= 0.3 is 0 Å². The minimum Gasteiger partial charge on any atom is -0.496 e. The van der Waals surface area contributed by atoms with Crippen molar-refractivity contribution in [2.24, 2.45) is 0 Å². The fourth-order valence-corrected chi connectivity index (χ4v) is 2.87. The Morgan fingerprint density at radius 2 is 1.70 bits per heavy atom. The summed E-state index contributed by atoms with van der Waals surface area (Å²) in [6.07, 6.45) is 0.829. The molecule has 140 valence electrons. The molecule has 1 aromatic heterocycles. The molecule has 0 bridgehead atoms. The summed E-state index contributed by atoms with van der Waals surface area (Å²) in [4.78, 5) is 9.30. The second-order valence-corrected chi connectivity index (χ2v) is 6.62. The van der Waals surface area contributed by atoms with Crippen LogP contribution in [0.5, 0.6) is 5.75 Å². The smallest absolute Gasteiger partial charge is 0.225 e. The van der Waals surface area contributed by atoms with Gasteiger partial charge in [-0.15, -0.1) is 0 Å². The van der Waals surface area contributed by atoms with Crippen molar-refractivity contribution >= 4 is 11.8 Å². The lowest BCUT2D eigenvalue weighted by atomic mass is 10.1. The zero-order chi connectivity index (χ0) is 19.1. The number of methoxy groups -OCH3 is 1. The molecule has 2 aromatic carbocycles. The van der Waals surface area contributed by atoms with Crippen LogP contribution in [0.3, 0.4) is 0 Å². The highest BCUT2D eigenvalue weighted by Crippen LogP contribution is 2.22. The minimum absolute atomic E-state index is 0.296. The summed E-state index contributed by atoms with van der Waals surface area (Å²) in [7, 11) is 1.70. The summed E-state index contributed by atoms with van der Waals surface area (Å²) in [5.74, 6) is 2.34. The Balaban J connectivity index is 1.77. The van der Waals surface area contributed by atoms with Crippen molar-refractivity contribution in [3.05, 3.63) is 66.2 Å². The molecule has 27 heavy (non-hydrogen) atoms. The van der Waals surface area contributed by atoms with E-state index in [1.54, 1.807) is 7.11 Å². The van der Waals surface area contributed by atoms with E-state index < -0.39 is 0 Å². The largest absolute Gasteiger partial charge is 0.496 e. The Labute approximate surface area is 160 Å². The van der Waals surface area contributed by atoms with E-state index in [2.05, 4.69) is 47.7 Å². The first kappa shape index (κ1) is 18.7. The Bertz CT molecular complexity index is 865. The molecule has 0 fully saturated rings. The standard InChI is InChI=1S/C22H26N4O/c1-16(2)24-21-15-19(17-9-5-4-6-10-17)25-22(26-21)23-14-13-18-11-7-8-12-20(18)27-3/h4-12,15-16H,13-14H2,1-3H3,(H2,23,24,25,26). The monoisotopic (exact) mass is 362 g/mol. The van der Waals surface area contributed by atoms with E-state index in [1.165, 1.54) is 0 Å². The predicted molar refractivity (Wildman–Crippen MR) is 111 cm³/mol. The number of hydrogen-bond donors (Lipinski definition) is 2. The molecular weight excluding hydrogens is 336 g/mol. The number of nitrogens with zero attached hydrogens (tertiary/aromatic N) is 2.